The molecule has 2 rings (SSSR count). The van der Waals surface area contributed by atoms with E-state index in [0.29, 0.717) is 32.3 Å². The summed E-state index contributed by atoms with van der Waals surface area (Å²) >= 11 is 0. The van der Waals surface area contributed by atoms with Crippen molar-refractivity contribution in [2.24, 2.45) is 5.92 Å². The third kappa shape index (κ3) is 7.36. The molecule has 4 heteroatoms. The van der Waals surface area contributed by atoms with Crippen LogP contribution < -0.4 is 14.8 Å². The highest BCUT2D eigenvalue weighted by Crippen LogP contribution is 2.22. The molecule has 0 spiro atoms. The van der Waals surface area contributed by atoms with Crippen molar-refractivity contribution >= 4 is 5.69 Å². The number of para-hydroxylation sites is 1. The van der Waals surface area contributed by atoms with E-state index in [1.165, 1.54) is 0 Å². The summed E-state index contributed by atoms with van der Waals surface area (Å²) in [4.78, 5) is 0. The molecule has 0 radical (unpaired) electrons. The summed E-state index contributed by atoms with van der Waals surface area (Å²) < 4.78 is 17.0. The van der Waals surface area contributed by atoms with Crippen LogP contribution in [0.1, 0.15) is 32.8 Å². The third-order valence-electron chi connectivity index (χ3n) is 3.94. The summed E-state index contributed by atoms with van der Waals surface area (Å²) in [6, 6.07) is 16.2. The predicted molar refractivity (Wildman–Crippen MR) is 107 cm³/mol. The van der Waals surface area contributed by atoms with Crippen molar-refractivity contribution in [2.45, 2.75) is 33.7 Å². The lowest BCUT2D eigenvalue weighted by atomic mass is 10.1. The van der Waals surface area contributed by atoms with E-state index in [4.69, 9.17) is 14.2 Å². The summed E-state index contributed by atoms with van der Waals surface area (Å²) in [5, 5.41) is 3.45. The molecule has 4 nitrogen and oxygen atoms in total. The Labute approximate surface area is 157 Å². The number of rotatable bonds is 12. The van der Waals surface area contributed by atoms with E-state index < -0.39 is 0 Å². The molecule has 0 atom stereocenters. The Hall–Kier alpha value is -2.20. The lowest BCUT2D eigenvalue weighted by molar-refractivity contribution is 0.110. The second-order valence-corrected chi connectivity index (χ2v) is 6.57. The van der Waals surface area contributed by atoms with Gasteiger partial charge < -0.3 is 19.5 Å². The van der Waals surface area contributed by atoms with Crippen LogP contribution in [-0.4, -0.2) is 26.4 Å². The van der Waals surface area contributed by atoms with Gasteiger partial charge in [0.1, 0.15) is 18.1 Å². The van der Waals surface area contributed by atoms with Crippen molar-refractivity contribution in [1.29, 1.82) is 0 Å². The Kier molecular flexibility index (Phi) is 8.84. The van der Waals surface area contributed by atoms with E-state index in [1.54, 1.807) is 0 Å². The smallest absolute Gasteiger partial charge is 0.124 e. The zero-order valence-corrected chi connectivity index (χ0v) is 16.2. The Bertz CT molecular complexity index is 643. The fourth-order valence-corrected chi connectivity index (χ4v) is 2.45. The molecular formula is C22H31NO3. The largest absolute Gasteiger partial charge is 0.493 e. The fraction of sp³-hybridized carbons (Fsp3) is 0.455. The summed E-state index contributed by atoms with van der Waals surface area (Å²) in [6.07, 6.45) is 1.06. The van der Waals surface area contributed by atoms with Gasteiger partial charge in [-0.25, -0.2) is 0 Å². The van der Waals surface area contributed by atoms with Gasteiger partial charge in [-0.1, -0.05) is 38.1 Å². The maximum Gasteiger partial charge on any atom is 0.124 e. The van der Waals surface area contributed by atoms with Crippen molar-refractivity contribution in [3.8, 4) is 11.5 Å². The highest BCUT2D eigenvalue weighted by atomic mass is 16.5. The molecule has 0 aromatic heterocycles. The minimum absolute atomic E-state index is 0.559. The van der Waals surface area contributed by atoms with E-state index in [1.807, 2.05) is 49.4 Å². The number of benzene rings is 2. The van der Waals surface area contributed by atoms with Crippen molar-refractivity contribution in [2.75, 3.05) is 31.7 Å². The summed E-state index contributed by atoms with van der Waals surface area (Å²) in [7, 11) is 0. The van der Waals surface area contributed by atoms with E-state index in [-0.39, 0.29) is 0 Å². The summed E-state index contributed by atoms with van der Waals surface area (Å²) in [6.45, 7) is 9.73. The lowest BCUT2D eigenvalue weighted by Crippen LogP contribution is -2.07. The average molecular weight is 357 g/mol. The van der Waals surface area contributed by atoms with Crippen LogP contribution in [0.4, 0.5) is 5.69 Å². The predicted octanol–water partition coefficient (Wildman–Crippen LogP) is 5.14. The molecule has 142 valence electrons. The average Bonchev–Trinajstić information content (AvgIpc) is 2.64. The monoisotopic (exact) mass is 357 g/mol. The second kappa shape index (κ2) is 11.4. The fourth-order valence-electron chi connectivity index (χ4n) is 2.45. The van der Waals surface area contributed by atoms with E-state index in [0.717, 1.165) is 35.8 Å². The number of nitrogens with one attached hydrogen (secondary N) is 1. The Morgan fingerprint density at radius 3 is 2.58 bits per heavy atom. The molecule has 0 bridgehead atoms. The van der Waals surface area contributed by atoms with E-state index >= 15 is 0 Å². The molecule has 0 heterocycles. The quantitative estimate of drug-likeness (QED) is 0.534. The molecule has 0 amide bonds. The van der Waals surface area contributed by atoms with Crippen LogP contribution in [0.2, 0.25) is 0 Å². The number of ether oxygens (including phenoxy) is 3. The van der Waals surface area contributed by atoms with Gasteiger partial charge in [0.05, 0.1) is 13.2 Å². The normalized spacial score (nSPS) is 10.8. The SMILES string of the molecule is CCOCCOc1cccc(NCc2ccccc2OCCC(C)C)c1. The first-order valence-electron chi connectivity index (χ1n) is 9.44. The first kappa shape index (κ1) is 20.1. The van der Waals surface area contributed by atoms with E-state index in [9.17, 15) is 0 Å². The van der Waals surface area contributed by atoms with Crippen LogP contribution in [0, 0.1) is 5.92 Å². The van der Waals surface area contributed by atoms with Gasteiger partial charge in [-0.05, 0) is 37.5 Å². The maximum atomic E-state index is 5.96. The molecule has 2 aromatic rings. The molecule has 0 aliphatic carbocycles. The second-order valence-electron chi connectivity index (χ2n) is 6.57. The molecule has 0 fully saturated rings. The minimum atomic E-state index is 0.559. The summed E-state index contributed by atoms with van der Waals surface area (Å²) in [5.41, 5.74) is 2.18. The molecule has 0 aliphatic heterocycles. The summed E-state index contributed by atoms with van der Waals surface area (Å²) in [5.74, 6) is 2.44. The minimum Gasteiger partial charge on any atom is -0.493 e. The van der Waals surface area contributed by atoms with E-state index in [2.05, 4.69) is 25.2 Å². The van der Waals surface area contributed by atoms with Gasteiger partial charge in [-0.3, -0.25) is 0 Å². The van der Waals surface area contributed by atoms with Crippen LogP contribution in [0.25, 0.3) is 0 Å². The van der Waals surface area contributed by atoms with Crippen LogP contribution in [0.5, 0.6) is 11.5 Å². The van der Waals surface area contributed by atoms with Crippen molar-refractivity contribution < 1.29 is 14.2 Å². The molecule has 0 aliphatic rings. The van der Waals surface area contributed by atoms with Gasteiger partial charge in [0.15, 0.2) is 0 Å². The highest BCUT2D eigenvalue weighted by Gasteiger charge is 2.04. The van der Waals surface area contributed by atoms with Gasteiger partial charge in [0.25, 0.3) is 0 Å². The first-order chi connectivity index (χ1) is 12.7. The third-order valence-corrected chi connectivity index (χ3v) is 3.94. The molecule has 0 unspecified atom stereocenters. The van der Waals surface area contributed by atoms with Crippen molar-refractivity contribution in [3.63, 3.8) is 0 Å². The molecule has 2 aromatic carbocycles. The molecule has 0 saturated carbocycles. The Morgan fingerprint density at radius 1 is 0.923 bits per heavy atom. The molecule has 0 saturated heterocycles. The van der Waals surface area contributed by atoms with Gasteiger partial charge in [0, 0.05) is 30.5 Å². The van der Waals surface area contributed by atoms with Crippen LogP contribution in [-0.2, 0) is 11.3 Å². The van der Waals surface area contributed by atoms with Gasteiger partial charge in [-0.15, -0.1) is 0 Å². The zero-order valence-electron chi connectivity index (χ0n) is 16.2. The number of hydrogen-bond acceptors (Lipinski definition) is 4. The van der Waals surface area contributed by atoms with Gasteiger partial charge >= 0.3 is 0 Å². The molecule has 1 N–H and O–H groups in total. The Balaban J connectivity index is 1.88. The number of anilines is 1. The topological polar surface area (TPSA) is 39.7 Å². The number of hydrogen-bond donors (Lipinski definition) is 1. The Morgan fingerprint density at radius 2 is 1.77 bits per heavy atom. The van der Waals surface area contributed by atoms with Gasteiger partial charge in [0.2, 0.25) is 0 Å². The van der Waals surface area contributed by atoms with Crippen LogP contribution in [0.15, 0.2) is 48.5 Å². The van der Waals surface area contributed by atoms with Crippen molar-refractivity contribution in [1.82, 2.24) is 0 Å². The van der Waals surface area contributed by atoms with Crippen LogP contribution in [0.3, 0.4) is 0 Å². The van der Waals surface area contributed by atoms with Gasteiger partial charge in [-0.2, -0.15) is 0 Å². The molecule has 26 heavy (non-hydrogen) atoms. The molecular weight excluding hydrogens is 326 g/mol. The first-order valence-corrected chi connectivity index (χ1v) is 9.44. The van der Waals surface area contributed by atoms with Crippen molar-refractivity contribution in [3.05, 3.63) is 54.1 Å². The van der Waals surface area contributed by atoms with Crippen LogP contribution >= 0.6 is 0 Å². The standard InChI is InChI=1S/C22H31NO3/c1-4-24-14-15-25-21-10-7-9-20(16-21)23-17-19-8-5-6-11-22(19)26-13-12-18(2)3/h5-11,16,18,23H,4,12-15,17H2,1-3H3. The zero-order chi connectivity index (χ0) is 18.6. The highest BCUT2D eigenvalue weighted by molar-refractivity contribution is 5.49. The maximum absolute atomic E-state index is 5.96. The lowest BCUT2D eigenvalue weighted by Gasteiger charge is -2.14.